The first kappa shape index (κ1) is 16.6. The van der Waals surface area contributed by atoms with Crippen LogP contribution < -0.4 is 0 Å². The zero-order valence-corrected chi connectivity index (χ0v) is 6.20. The molecule has 0 bridgehead atoms. The number of aliphatic carboxylic acids is 1. The number of isocyanates is 2. The number of carbonyl (C=O) groups is 1. The highest BCUT2D eigenvalue weighted by molar-refractivity contribution is 5.71. The lowest BCUT2D eigenvalue weighted by Crippen LogP contribution is -2.13. The molecule has 7 nitrogen and oxygen atoms in total. The van der Waals surface area contributed by atoms with Crippen molar-refractivity contribution in [2.24, 2.45) is 0 Å². The third-order valence-corrected chi connectivity index (χ3v) is 0.357. The molecule has 0 aromatic heterocycles. The first-order valence-electron chi connectivity index (χ1n) is 2.46. The Labute approximate surface area is 67.7 Å². The minimum atomic E-state index is -1.23. The number of carboxylic acids is 1. The third kappa shape index (κ3) is 88.3. The lowest BCUT2D eigenvalue weighted by Gasteiger charge is -1.89. The maximum Gasteiger partial charge on any atom is 0.332 e. The molecule has 68 valence electrons. The van der Waals surface area contributed by atoms with Gasteiger partial charge in [-0.1, -0.05) is 0 Å². The number of hydrogen-bond donors (Lipinski definition) is 4. The van der Waals surface area contributed by atoms with E-state index in [9.17, 15) is 4.79 Å². The van der Waals surface area contributed by atoms with Gasteiger partial charge in [0.2, 0.25) is 12.2 Å². The molecule has 0 saturated carbocycles. The van der Waals surface area contributed by atoms with Crippen LogP contribution in [0.15, 0.2) is 0 Å². The summed E-state index contributed by atoms with van der Waals surface area (Å²) in [6, 6.07) is 0. The Morgan fingerprint density at radius 2 is 1.42 bits per heavy atom. The van der Waals surface area contributed by atoms with Crippen molar-refractivity contribution < 1.29 is 24.6 Å². The van der Waals surface area contributed by atoms with E-state index in [1.165, 1.54) is 6.92 Å². The van der Waals surface area contributed by atoms with Crippen molar-refractivity contribution in [1.29, 1.82) is 10.8 Å². The van der Waals surface area contributed by atoms with E-state index in [1.807, 2.05) is 0 Å². The van der Waals surface area contributed by atoms with Gasteiger partial charge >= 0.3 is 5.97 Å². The monoisotopic (exact) mass is 176 g/mol. The predicted octanol–water partition coefficient (Wildman–Crippen LogP) is -0.746. The second-order valence-corrected chi connectivity index (χ2v) is 1.22. The van der Waals surface area contributed by atoms with E-state index in [4.69, 9.17) is 30.6 Å². The molecule has 12 heavy (non-hydrogen) atoms. The van der Waals surface area contributed by atoms with Crippen LogP contribution in [0.2, 0.25) is 0 Å². The van der Waals surface area contributed by atoms with Crippen LogP contribution in [0.1, 0.15) is 6.92 Å². The van der Waals surface area contributed by atoms with Crippen molar-refractivity contribution in [3.63, 3.8) is 0 Å². The molecule has 1 atom stereocenters. The lowest BCUT2D eigenvalue weighted by molar-refractivity contribution is -0.145. The van der Waals surface area contributed by atoms with Gasteiger partial charge in [-0.3, -0.25) is 0 Å². The highest BCUT2D eigenvalue weighted by atomic mass is 16.4. The first-order valence-corrected chi connectivity index (χ1v) is 2.46. The predicted molar refractivity (Wildman–Crippen MR) is 36.1 cm³/mol. The van der Waals surface area contributed by atoms with Crippen LogP contribution in [0.5, 0.6) is 0 Å². The van der Waals surface area contributed by atoms with E-state index in [2.05, 4.69) is 0 Å². The molecule has 0 saturated heterocycles. The van der Waals surface area contributed by atoms with Gasteiger partial charge in [0.15, 0.2) is 0 Å². The fourth-order valence-corrected chi connectivity index (χ4v) is 0. The molecule has 0 rings (SSSR count). The number of rotatable bonds is 1. The Morgan fingerprint density at radius 1 is 1.33 bits per heavy atom. The molecule has 0 amide bonds. The Balaban J connectivity index is -0.000000115. The number of aliphatic hydroxyl groups is 1. The zero-order chi connectivity index (χ0) is 10.6. The van der Waals surface area contributed by atoms with E-state index in [1.54, 1.807) is 0 Å². The average molecular weight is 176 g/mol. The molecule has 7 heteroatoms. The summed E-state index contributed by atoms with van der Waals surface area (Å²) in [5, 5.41) is 26.6. The number of hydrogen-bond acceptors (Lipinski definition) is 6. The SMILES string of the molecule is CC(O)C(=O)O.N=C=O.N=C=O. The smallest absolute Gasteiger partial charge is 0.332 e. The summed E-state index contributed by atoms with van der Waals surface area (Å²) in [6.45, 7) is 1.20. The number of carboxylic acid groups (broad SMARTS) is 1. The second-order valence-electron chi connectivity index (χ2n) is 1.22. The largest absolute Gasteiger partial charge is 0.479 e. The van der Waals surface area contributed by atoms with E-state index < -0.39 is 12.1 Å². The molecule has 0 aliphatic rings. The normalized spacial score (nSPS) is 8.17. The molecule has 1 unspecified atom stereocenters. The van der Waals surface area contributed by atoms with Crippen molar-refractivity contribution in [2.75, 3.05) is 0 Å². The van der Waals surface area contributed by atoms with Crippen LogP contribution in [0.3, 0.4) is 0 Å². The minimum absolute atomic E-state index is 0.750. The van der Waals surface area contributed by atoms with Crippen LogP contribution >= 0.6 is 0 Å². The summed E-state index contributed by atoms with van der Waals surface area (Å²) in [5.74, 6) is -1.19. The van der Waals surface area contributed by atoms with Gasteiger partial charge in [0.1, 0.15) is 6.10 Å². The van der Waals surface area contributed by atoms with Crippen LogP contribution in [0.25, 0.3) is 0 Å². The molecule has 0 aliphatic heterocycles. The molecule has 0 aliphatic carbocycles. The number of nitrogens with one attached hydrogen (secondary N) is 2. The third-order valence-electron chi connectivity index (χ3n) is 0.357. The quantitative estimate of drug-likeness (QED) is 0.307. The van der Waals surface area contributed by atoms with E-state index in [-0.39, 0.29) is 0 Å². The summed E-state index contributed by atoms with van der Waals surface area (Å²) in [6.07, 6.45) is 0.269. The molecule has 0 spiro atoms. The summed E-state index contributed by atoms with van der Waals surface area (Å²) < 4.78 is 0. The highest BCUT2D eigenvalue weighted by Crippen LogP contribution is 1.73. The molecule has 0 fully saturated rings. The summed E-state index contributed by atoms with van der Waals surface area (Å²) in [4.78, 5) is 26.1. The molecular formula is C5H8N2O5. The highest BCUT2D eigenvalue weighted by Gasteiger charge is 2.01. The van der Waals surface area contributed by atoms with Gasteiger partial charge in [0.25, 0.3) is 0 Å². The Hall–Kier alpha value is -1.81. The molecule has 4 N–H and O–H groups in total. The van der Waals surface area contributed by atoms with Crippen LogP contribution in [0.4, 0.5) is 0 Å². The van der Waals surface area contributed by atoms with E-state index >= 15 is 0 Å². The molecular weight excluding hydrogens is 168 g/mol. The Morgan fingerprint density at radius 3 is 1.42 bits per heavy atom. The van der Waals surface area contributed by atoms with E-state index in [0.717, 1.165) is 12.2 Å². The van der Waals surface area contributed by atoms with Crippen LogP contribution in [-0.2, 0) is 14.4 Å². The minimum Gasteiger partial charge on any atom is -0.479 e. The Kier molecular flexibility index (Phi) is 22.3. The fraction of sp³-hybridized carbons (Fsp3) is 0.400. The number of aliphatic hydroxyl groups excluding tert-OH is 1. The topological polar surface area (TPSA) is 139 Å². The maximum atomic E-state index is 9.45. The van der Waals surface area contributed by atoms with Gasteiger partial charge in [-0.05, 0) is 6.92 Å². The summed E-state index contributed by atoms with van der Waals surface area (Å²) in [5.41, 5.74) is 0. The lowest BCUT2D eigenvalue weighted by atomic mass is 10.4. The van der Waals surface area contributed by atoms with Gasteiger partial charge < -0.3 is 10.2 Å². The van der Waals surface area contributed by atoms with Crippen molar-refractivity contribution >= 4 is 18.1 Å². The summed E-state index contributed by atoms with van der Waals surface area (Å²) in [7, 11) is 0. The van der Waals surface area contributed by atoms with Crippen LogP contribution in [-0.4, -0.2) is 34.4 Å². The van der Waals surface area contributed by atoms with Crippen molar-refractivity contribution in [2.45, 2.75) is 13.0 Å². The average Bonchev–Trinajstić information content (AvgIpc) is 1.90. The van der Waals surface area contributed by atoms with Gasteiger partial charge in [-0.15, -0.1) is 0 Å². The standard InChI is InChI=1S/C3H6O3.2CHNO/c1-2(4)3(5)6;2*2-1-3/h2,4H,1H3,(H,5,6);2*2H. The Bertz CT molecular complexity index is 164. The first-order chi connectivity index (χ1) is 5.47. The fourth-order valence-electron chi connectivity index (χ4n) is 0. The molecule has 0 heterocycles. The van der Waals surface area contributed by atoms with Crippen molar-refractivity contribution in [1.82, 2.24) is 0 Å². The van der Waals surface area contributed by atoms with Gasteiger partial charge in [-0.25, -0.2) is 25.2 Å². The zero-order valence-electron chi connectivity index (χ0n) is 6.20. The molecule has 0 aromatic carbocycles. The number of carbonyl (C=O) groups excluding carboxylic acids is 2. The van der Waals surface area contributed by atoms with Crippen molar-refractivity contribution in [3.8, 4) is 0 Å². The van der Waals surface area contributed by atoms with Gasteiger partial charge in [0, 0.05) is 0 Å². The molecule has 0 aromatic rings. The van der Waals surface area contributed by atoms with Crippen molar-refractivity contribution in [3.05, 3.63) is 0 Å². The van der Waals surface area contributed by atoms with E-state index in [0.29, 0.717) is 0 Å². The molecule has 0 radical (unpaired) electrons. The van der Waals surface area contributed by atoms with Gasteiger partial charge in [0.05, 0.1) is 0 Å². The van der Waals surface area contributed by atoms with Gasteiger partial charge in [-0.2, -0.15) is 0 Å². The summed E-state index contributed by atoms with van der Waals surface area (Å²) >= 11 is 0. The second kappa shape index (κ2) is 16.1. The maximum absolute atomic E-state index is 9.45. The van der Waals surface area contributed by atoms with Crippen LogP contribution in [0, 0.1) is 10.8 Å².